The number of carbonyl (C=O) groups excluding carboxylic acids is 1. The number of thioether (sulfide) groups is 1. The molecule has 0 saturated carbocycles. The van der Waals surface area contributed by atoms with Crippen LogP contribution in [-0.4, -0.2) is 42.5 Å². The lowest BCUT2D eigenvalue weighted by Crippen LogP contribution is -2.39. The molecule has 1 aliphatic heterocycles. The molecule has 3 rings (SSSR count). The first kappa shape index (κ1) is 18.8. The van der Waals surface area contributed by atoms with Gasteiger partial charge in [-0.15, -0.1) is 0 Å². The fraction of sp³-hybridized carbons (Fsp3) is 0.250. The first-order valence-corrected chi connectivity index (χ1v) is 9.40. The van der Waals surface area contributed by atoms with Crippen molar-refractivity contribution in [2.24, 2.45) is 4.99 Å². The fourth-order valence-corrected chi connectivity index (χ4v) is 3.62. The van der Waals surface area contributed by atoms with Gasteiger partial charge in [0, 0.05) is 23.9 Å². The second-order valence-corrected chi connectivity index (χ2v) is 6.84. The number of aliphatic imine (C=N–C) groups is 1. The molecule has 138 valence electrons. The van der Waals surface area contributed by atoms with E-state index >= 15 is 0 Å². The van der Waals surface area contributed by atoms with E-state index in [1.54, 1.807) is 61.6 Å². The van der Waals surface area contributed by atoms with E-state index < -0.39 is 0 Å². The maximum absolute atomic E-state index is 13.0. The van der Waals surface area contributed by atoms with Crippen LogP contribution in [0.5, 0.6) is 11.5 Å². The SMILES string of the molecule is COc1ccc(OC)c(N=C2SCCCN2C(=O)c2ccc(C#N)cc2)c1. The molecule has 0 N–H and O–H groups in total. The van der Waals surface area contributed by atoms with Gasteiger partial charge < -0.3 is 9.47 Å². The Morgan fingerprint density at radius 3 is 2.63 bits per heavy atom. The Kier molecular flexibility index (Phi) is 5.99. The van der Waals surface area contributed by atoms with Crippen LogP contribution in [0.1, 0.15) is 22.3 Å². The zero-order valence-electron chi connectivity index (χ0n) is 15.1. The summed E-state index contributed by atoms with van der Waals surface area (Å²) >= 11 is 1.54. The Hall–Kier alpha value is -2.98. The summed E-state index contributed by atoms with van der Waals surface area (Å²) in [6, 6.07) is 14.1. The fourth-order valence-electron chi connectivity index (χ4n) is 2.67. The van der Waals surface area contributed by atoms with Crippen molar-refractivity contribution in [3.63, 3.8) is 0 Å². The van der Waals surface area contributed by atoms with E-state index in [1.807, 2.05) is 0 Å². The summed E-state index contributed by atoms with van der Waals surface area (Å²) in [7, 11) is 3.17. The summed E-state index contributed by atoms with van der Waals surface area (Å²) in [6.45, 7) is 0.594. The number of nitriles is 1. The second kappa shape index (κ2) is 8.60. The van der Waals surface area contributed by atoms with Crippen molar-refractivity contribution in [1.29, 1.82) is 5.26 Å². The van der Waals surface area contributed by atoms with Crippen molar-refractivity contribution in [3.8, 4) is 17.6 Å². The van der Waals surface area contributed by atoms with Crippen LogP contribution in [0.3, 0.4) is 0 Å². The molecule has 0 bridgehead atoms. The lowest BCUT2D eigenvalue weighted by atomic mass is 10.1. The van der Waals surface area contributed by atoms with Crippen LogP contribution in [0, 0.1) is 11.3 Å². The molecule has 1 heterocycles. The number of benzene rings is 2. The number of hydrogen-bond donors (Lipinski definition) is 0. The maximum atomic E-state index is 13.0. The van der Waals surface area contributed by atoms with Crippen molar-refractivity contribution in [1.82, 2.24) is 4.90 Å². The number of methoxy groups -OCH3 is 2. The molecule has 2 aromatic carbocycles. The van der Waals surface area contributed by atoms with Crippen molar-refractivity contribution >= 4 is 28.5 Å². The van der Waals surface area contributed by atoms with Crippen LogP contribution in [0.15, 0.2) is 47.5 Å². The van der Waals surface area contributed by atoms with Crippen LogP contribution < -0.4 is 9.47 Å². The van der Waals surface area contributed by atoms with Gasteiger partial charge in [-0.2, -0.15) is 5.26 Å². The number of ether oxygens (including phenoxy) is 2. The van der Waals surface area contributed by atoms with Crippen LogP contribution in [0.4, 0.5) is 5.69 Å². The molecule has 1 amide bonds. The van der Waals surface area contributed by atoms with Crippen LogP contribution in [0.25, 0.3) is 0 Å². The zero-order valence-corrected chi connectivity index (χ0v) is 16.0. The van der Waals surface area contributed by atoms with Gasteiger partial charge in [-0.3, -0.25) is 9.69 Å². The Morgan fingerprint density at radius 1 is 1.19 bits per heavy atom. The van der Waals surface area contributed by atoms with E-state index in [2.05, 4.69) is 11.1 Å². The van der Waals surface area contributed by atoms with Crippen molar-refractivity contribution in [3.05, 3.63) is 53.6 Å². The molecule has 2 aromatic rings. The van der Waals surface area contributed by atoms with E-state index in [4.69, 9.17) is 14.7 Å². The second-order valence-electron chi connectivity index (χ2n) is 5.78. The molecular weight excluding hydrogens is 362 g/mol. The molecule has 7 heteroatoms. The summed E-state index contributed by atoms with van der Waals surface area (Å²) in [5.74, 6) is 2.04. The lowest BCUT2D eigenvalue weighted by molar-refractivity contribution is 0.0849. The van der Waals surface area contributed by atoms with Gasteiger partial charge in [-0.05, 0) is 42.8 Å². The third kappa shape index (κ3) is 4.23. The number of rotatable bonds is 4. The molecule has 0 aliphatic carbocycles. The van der Waals surface area contributed by atoms with Crippen molar-refractivity contribution in [2.75, 3.05) is 26.5 Å². The van der Waals surface area contributed by atoms with Crippen molar-refractivity contribution in [2.45, 2.75) is 6.42 Å². The molecule has 0 radical (unpaired) electrons. The first-order valence-electron chi connectivity index (χ1n) is 8.42. The summed E-state index contributed by atoms with van der Waals surface area (Å²) in [5.41, 5.74) is 1.66. The van der Waals surface area contributed by atoms with Gasteiger partial charge in [0.25, 0.3) is 5.91 Å². The zero-order chi connectivity index (χ0) is 19.2. The van der Waals surface area contributed by atoms with Gasteiger partial charge in [0.15, 0.2) is 5.17 Å². The highest BCUT2D eigenvalue weighted by Gasteiger charge is 2.25. The molecule has 0 aromatic heterocycles. The molecule has 0 atom stereocenters. The van der Waals surface area contributed by atoms with Gasteiger partial charge in [0.05, 0.1) is 25.9 Å². The van der Waals surface area contributed by atoms with Gasteiger partial charge >= 0.3 is 0 Å². The number of hydrogen-bond acceptors (Lipinski definition) is 6. The molecule has 6 nitrogen and oxygen atoms in total. The average molecular weight is 381 g/mol. The van der Waals surface area contributed by atoms with Crippen LogP contribution in [0.2, 0.25) is 0 Å². The van der Waals surface area contributed by atoms with Gasteiger partial charge in [-0.25, -0.2) is 4.99 Å². The van der Waals surface area contributed by atoms with Crippen LogP contribution >= 0.6 is 11.8 Å². The van der Waals surface area contributed by atoms with E-state index in [0.29, 0.717) is 40.0 Å². The highest BCUT2D eigenvalue weighted by molar-refractivity contribution is 8.13. The van der Waals surface area contributed by atoms with Gasteiger partial charge in [0.1, 0.15) is 17.2 Å². The minimum atomic E-state index is -0.132. The van der Waals surface area contributed by atoms with E-state index in [0.717, 1.165) is 12.2 Å². The number of amidine groups is 1. The predicted octanol–water partition coefficient (Wildman–Crippen LogP) is 3.84. The Labute approximate surface area is 162 Å². The maximum Gasteiger partial charge on any atom is 0.259 e. The number of amides is 1. The quantitative estimate of drug-likeness (QED) is 0.804. The average Bonchev–Trinajstić information content (AvgIpc) is 2.73. The summed E-state index contributed by atoms with van der Waals surface area (Å²) in [5, 5.41) is 9.55. The highest BCUT2D eigenvalue weighted by Crippen LogP contribution is 2.34. The number of carbonyl (C=O) groups is 1. The summed E-state index contributed by atoms with van der Waals surface area (Å²) in [6.07, 6.45) is 0.890. The van der Waals surface area contributed by atoms with Gasteiger partial charge in [0.2, 0.25) is 0 Å². The minimum absolute atomic E-state index is 0.132. The standard InChI is InChI=1S/C20H19N3O3S/c1-25-16-8-9-18(26-2)17(12-16)22-20-23(10-3-11-27-20)19(24)15-6-4-14(13-21)5-7-15/h4-9,12H,3,10-11H2,1-2H3. The van der Waals surface area contributed by atoms with Gasteiger partial charge in [-0.1, -0.05) is 11.8 Å². The van der Waals surface area contributed by atoms with E-state index in [9.17, 15) is 4.79 Å². The Morgan fingerprint density at radius 2 is 1.96 bits per heavy atom. The largest absolute Gasteiger partial charge is 0.497 e. The van der Waals surface area contributed by atoms with E-state index in [-0.39, 0.29) is 5.91 Å². The third-order valence-corrected chi connectivity index (χ3v) is 5.16. The van der Waals surface area contributed by atoms with Crippen LogP contribution in [-0.2, 0) is 0 Å². The number of nitrogens with zero attached hydrogens (tertiary/aromatic N) is 3. The van der Waals surface area contributed by atoms with Crippen molar-refractivity contribution < 1.29 is 14.3 Å². The normalized spacial score (nSPS) is 15.3. The summed E-state index contributed by atoms with van der Waals surface area (Å²) < 4.78 is 10.7. The monoisotopic (exact) mass is 381 g/mol. The highest BCUT2D eigenvalue weighted by atomic mass is 32.2. The third-order valence-electron chi connectivity index (χ3n) is 4.10. The Balaban J connectivity index is 1.94. The molecule has 1 fully saturated rings. The Bertz CT molecular complexity index is 904. The minimum Gasteiger partial charge on any atom is -0.497 e. The lowest BCUT2D eigenvalue weighted by Gasteiger charge is -2.28. The first-order chi connectivity index (χ1) is 13.2. The predicted molar refractivity (Wildman–Crippen MR) is 106 cm³/mol. The molecule has 27 heavy (non-hydrogen) atoms. The van der Waals surface area contributed by atoms with E-state index in [1.165, 1.54) is 11.8 Å². The molecule has 0 spiro atoms. The molecule has 1 saturated heterocycles. The smallest absolute Gasteiger partial charge is 0.259 e. The topological polar surface area (TPSA) is 74.9 Å². The summed E-state index contributed by atoms with van der Waals surface area (Å²) in [4.78, 5) is 19.3. The molecule has 1 aliphatic rings. The molecule has 0 unspecified atom stereocenters. The molecular formula is C20H19N3O3S.